The fraction of sp³-hybridized carbons (Fsp3) is 0.333. The van der Waals surface area contributed by atoms with E-state index in [2.05, 4.69) is 15.3 Å². The quantitative estimate of drug-likeness (QED) is 0.325. The van der Waals surface area contributed by atoms with E-state index in [-0.39, 0.29) is 6.42 Å². The Hall–Kier alpha value is -3.51. The number of anilines is 1. The number of fused-ring (bicyclic) bond motifs is 2. The molecule has 0 spiro atoms. The van der Waals surface area contributed by atoms with Gasteiger partial charge in [-0.05, 0) is 53.8 Å². The van der Waals surface area contributed by atoms with E-state index >= 15 is 0 Å². The summed E-state index contributed by atoms with van der Waals surface area (Å²) in [7, 11) is 0.473. The van der Waals surface area contributed by atoms with E-state index in [0.29, 0.717) is 24.5 Å². The van der Waals surface area contributed by atoms with Crippen LogP contribution in [0.25, 0.3) is 11.0 Å². The molecule has 0 bridgehead atoms. The number of hydrogen-bond donors (Lipinski definition) is 3. The molecule has 2 aromatic heterocycles. The summed E-state index contributed by atoms with van der Waals surface area (Å²) in [5.41, 5.74) is 6.93. The predicted molar refractivity (Wildman–Crippen MR) is 148 cm³/mol. The lowest BCUT2D eigenvalue weighted by molar-refractivity contribution is -0.137. The summed E-state index contributed by atoms with van der Waals surface area (Å²) in [4.78, 5) is 18.5. The molecule has 5 rings (SSSR count). The Labute approximate surface area is 223 Å². The van der Waals surface area contributed by atoms with Crippen molar-refractivity contribution in [1.29, 1.82) is 0 Å². The first-order valence-corrected chi connectivity index (χ1v) is 13.9. The van der Waals surface area contributed by atoms with Gasteiger partial charge in [-0.2, -0.15) is 4.31 Å². The molecule has 1 atom stereocenters. The van der Waals surface area contributed by atoms with E-state index in [4.69, 9.17) is 0 Å². The molecule has 0 aliphatic carbocycles. The van der Waals surface area contributed by atoms with Crippen LogP contribution in [0.5, 0.6) is 0 Å². The maximum absolute atomic E-state index is 12.0. The lowest BCUT2D eigenvalue weighted by Crippen LogP contribution is -2.31. The number of benzene rings is 2. The highest BCUT2D eigenvalue weighted by Gasteiger charge is 2.33. The molecule has 0 radical (unpaired) electrons. The summed E-state index contributed by atoms with van der Waals surface area (Å²) in [6.45, 7) is 5.28. The molecule has 1 aliphatic rings. The highest BCUT2D eigenvalue weighted by Crippen LogP contribution is 2.56. The van der Waals surface area contributed by atoms with Crippen LogP contribution in [0.3, 0.4) is 0 Å². The minimum atomic E-state index is -3.28. The fourth-order valence-corrected chi connectivity index (χ4v) is 6.83. The summed E-state index contributed by atoms with van der Waals surface area (Å²) in [5.74, 6) is -1.30. The van der Waals surface area contributed by atoms with Crippen molar-refractivity contribution in [3.63, 3.8) is 0 Å². The molecule has 1 aliphatic heterocycles. The highest BCUT2D eigenvalue weighted by atomic mass is 32.3. The van der Waals surface area contributed by atoms with E-state index in [1.807, 2.05) is 63.2 Å². The van der Waals surface area contributed by atoms with Gasteiger partial charge in [-0.15, -0.1) is 15.9 Å². The molecule has 0 saturated heterocycles. The molecule has 1 unspecified atom stereocenters. The van der Waals surface area contributed by atoms with E-state index in [1.54, 1.807) is 21.3 Å². The van der Waals surface area contributed by atoms with Crippen molar-refractivity contribution in [3.8, 4) is 0 Å². The van der Waals surface area contributed by atoms with Gasteiger partial charge in [0, 0.05) is 45.8 Å². The standard InChI is InChI=1S/C27H32N6O4S/c1-17-5-6-19(22(14-26(34)35)21-7-8-24-27(18(21)2)29-30-32(24)4)13-20(17)16-33-12-11-31(3)23-9-10-28-15-25(23)38(33,36)37/h5-10,13,15,22,36-37H,11-12,14,16H2,1-4H3,(H,34,35). The lowest BCUT2D eigenvalue weighted by Gasteiger charge is -2.41. The maximum atomic E-state index is 12.0. The number of carboxylic acid groups (broad SMARTS) is 1. The Morgan fingerprint density at radius 2 is 1.89 bits per heavy atom. The van der Waals surface area contributed by atoms with Gasteiger partial charge in [-0.3, -0.25) is 18.9 Å². The number of nitrogens with zero attached hydrogens (tertiary/aromatic N) is 6. The lowest BCUT2D eigenvalue weighted by atomic mass is 9.84. The number of carboxylic acids is 1. The van der Waals surface area contributed by atoms with Crippen LogP contribution in [0.15, 0.2) is 53.7 Å². The number of aromatic nitrogens is 4. The molecular formula is C27H32N6O4S. The van der Waals surface area contributed by atoms with Gasteiger partial charge in [0.2, 0.25) is 0 Å². The molecular weight excluding hydrogens is 504 g/mol. The maximum Gasteiger partial charge on any atom is 0.304 e. The number of likely N-dealkylation sites (N-methyl/N-ethyl adjacent to an activating group) is 1. The van der Waals surface area contributed by atoms with E-state index < -0.39 is 22.7 Å². The smallest absolute Gasteiger partial charge is 0.304 e. The third-order valence-corrected chi connectivity index (χ3v) is 9.41. The number of carbonyl (C=O) groups is 1. The molecule has 11 heteroatoms. The molecule has 2 aromatic carbocycles. The van der Waals surface area contributed by atoms with Crippen LogP contribution in [0.4, 0.5) is 5.69 Å². The Kier molecular flexibility index (Phi) is 6.86. The normalized spacial score (nSPS) is 17.2. The van der Waals surface area contributed by atoms with Crippen LogP contribution >= 0.6 is 10.8 Å². The number of hydrogen-bond acceptors (Lipinski definition) is 8. The van der Waals surface area contributed by atoms with Crippen molar-refractivity contribution in [3.05, 3.63) is 76.6 Å². The van der Waals surface area contributed by atoms with Crippen LogP contribution in [0, 0.1) is 13.8 Å². The van der Waals surface area contributed by atoms with Gasteiger partial charge in [-0.25, -0.2) is 4.68 Å². The second-order valence-electron chi connectivity index (χ2n) is 9.84. The van der Waals surface area contributed by atoms with Crippen LogP contribution in [-0.2, 0) is 18.4 Å². The van der Waals surface area contributed by atoms with E-state index in [1.165, 1.54) is 6.20 Å². The second kappa shape index (κ2) is 9.99. The van der Waals surface area contributed by atoms with Crippen molar-refractivity contribution in [2.75, 3.05) is 25.0 Å². The van der Waals surface area contributed by atoms with Gasteiger partial charge in [0.05, 0.1) is 23.8 Å². The highest BCUT2D eigenvalue weighted by molar-refractivity contribution is 8.22. The molecule has 3 heterocycles. The minimum Gasteiger partial charge on any atom is -0.481 e. The fourth-order valence-electron chi connectivity index (χ4n) is 5.19. The number of aryl methyl sites for hydroxylation is 3. The zero-order chi connectivity index (χ0) is 27.2. The third kappa shape index (κ3) is 4.62. The molecule has 10 nitrogen and oxygen atoms in total. The Morgan fingerprint density at radius 3 is 2.66 bits per heavy atom. The summed E-state index contributed by atoms with van der Waals surface area (Å²) in [5, 5.41) is 18.2. The summed E-state index contributed by atoms with van der Waals surface area (Å²) < 4.78 is 26.1. The summed E-state index contributed by atoms with van der Waals surface area (Å²) >= 11 is 0. The van der Waals surface area contributed by atoms with Crippen molar-refractivity contribution in [1.82, 2.24) is 24.3 Å². The van der Waals surface area contributed by atoms with Crippen molar-refractivity contribution in [2.24, 2.45) is 7.05 Å². The topological polar surface area (TPSA) is 128 Å². The van der Waals surface area contributed by atoms with Crippen LogP contribution in [0.2, 0.25) is 0 Å². The minimum absolute atomic E-state index is 0.0855. The monoisotopic (exact) mass is 536 g/mol. The molecule has 0 saturated carbocycles. The first-order valence-electron chi connectivity index (χ1n) is 12.4. The SMILES string of the molecule is Cc1ccc(C(CC(=O)O)c2ccc3c(nnn3C)c2C)cc1CN1CCN(C)c2ccncc2S1(O)O. The van der Waals surface area contributed by atoms with Crippen molar-refractivity contribution in [2.45, 2.75) is 37.6 Å². The van der Waals surface area contributed by atoms with Crippen LogP contribution in [-0.4, -0.2) is 64.6 Å². The van der Waals surface area contributed by atoms with E-state index in [9.17, 15) is 19.0 Å². The molecule has 0 fully saturated rings. The summed E-state index contributed by atoms with van der Waals surface area (Å²) in [6, 6.07) is 11.6. The van der Waals surface area contributed by atoms with Gasteiger partial charge in [0.1, 0.15) is 10.4 Å². The third-order valence-electron chi connectivity index (χ3n) is 7.47. The van der Waals surface area contributed by atoms with Crippen LogP contribution < -0.4 is 4.90 Å². The van der Waals surface area contributed by atoms with Gasteiger partial charge in [-0.1, -0.05) is 29.5 Å². The number of pyridine rings is 1. The Bertz CT molecular complexity index is 1520. The van der Waals surface area contributed by atoms with Gasteiger partial charge < -0.3 is 10.0 Å². The molecule has 0 amide bonds. The van der Waals surface area contributed by atoms with Gasteiger partial charge in [0.15, 0.2) is 0 Å². The Balaban J connectivity index is 1.54. The molecule has 3 N–H and O–H groups in total. The predicted octanol–water partition coefficient (Wildman–Crippen LogP) is 4.56. The zero-order valence-electron chi connectivity index (χ0n) is 21.9. The van der Waals surface area contributed by atoms with Crippen molar-refractivity contribution < 1.29 is 19.0 Å². The average molecular weight is 537 g/mol. The van der Waals surface area contributed by atoms with Crippen LogP contribution in [0.1, 0.15) is 40.2 Å². The summed E-state index contributed by atoms with van der Waals surface area (Å²) in [6.07, 6.45) is 3.09. The first-order chi connectivity index (χ1) is 18.1. The van der Waals surface area contributed by atoms with E-state index in [0.717, 1.165) is 44.5 Å². The molecule has 200 valence electrons. The molecule has 38 heavy (non-hydrogen) atoms. The number of aliphatic carboxylic acids is 1. The first kappa shape index (κ1) is 26.1. The number of rotatable bonds is 6. The molecule has 4 aromatic rings. The zero-order valence-corrected chi connectivity index (χ0v) is 22.7. The Morgan fingerprint density at radius 1 is 1.11 bits per heavy atom. The average Bonchev–Trinajstić information content (AvgIpc) is 3.23. The second-order valence-corrected chi connectivity index (χ2v) is 11.8. The van der Waals surface area contributed by atoms with Gasteiger partial charge in [0.25, 0.3) is 0 Å². The van der Waals surface area contributed by atoms with Crippen molar-refractivity contribution >= 4 is 33.5 Å². The van der Waals surface area contributed by atoms with Gasteiger partial charge >= 0.3 is 5.97 Å². The largest absolute Gasteiger partial charge is 0.481 e.